The van der Waals surface area contributed by atoms with Gasteiger partial charge in [0, 0.05) is 5.97 Å². The zero-order valence-corrected chi connectivity index (χ0v) is 15.1. The molecule has 0 spiro atoms. The summed E-state index contributed by atoms with van der Waals surface area (Å²) >= 11 is 0. The van der Waals surface area contributed by atoms with E-state index in [0.29, 0.717) is 0 Å². The molecule has 0 saturated carbocycles. The zero-order valence-electron chi connectivity index (χ0n) is 14.0. The quantitative estimate of drug-likeness (QED) is 0.293. The first-order chi connectivity index (χ1) is 9.77. The van der Waals surface area contributed by atoms with E-state index in [1.807, 2.05) is 0 Å². The van der Waals surface area contributed by atoms with Gasteiger partial charge in [0.2, 0.25) is 0 Å². The van der Waals surface area contributed by atoms with Gasteiger partial charge >= 0.3 is 17.1 Å². The summed E-state index contributed by atoms with van der Waals surface area (Å²) in [5.41, 5.74) is 0. The predicted octanol–water partition coefficient (Wildman–Crippen LogP) is 5.00. The number of rotatable bonds is 16. The summed E-state index contributed by atoms with van der Waals surface area (Å²) < 4.78 is 0. The van der Waals surface area contributed by atoms with E-state index in [1.165, 1.54) is 83.5 Å². The Bertz CT molecular complexity index is 207. The number of hydrogen-bond donors (Lipinski definition) is 0. The summed E-state index contributed by atoms with van der Waals surface area (Å²) in [5.74, 6) is -0.903. The maximum absolute atomic E-state index is 10.2. The molecule has 0 N–H and O–H groups in total. The third-order valence-corrected chi connectivity index (χ3v) is 3.98. The number of carbonyl (C=O) groups is 1. The number of carboxylic acids is 1. The summed E-state index contributed by atoms with van der Waals surface area (Å²) in [6.07, 6.45) is 19.9. The average molecular weight is 339 g/mol. The zero-order chi connectivity index (χ0) is 14.9. The maximum Gasteiger partial charge on any atom is 3.00 e. The molecule has 0 amide bonds. The van der Waals surface area contributed by atoms with Crippen molar-refractivity contribution >= 4 is 5.97 Å². The van der Waals surface area contributed by atoms with E-state index in [1.54, 1.807) is 0 Å². The summed E-state index contributed by atoms with van der Waals surface area (Å²) in [4.78, 5) is 10.2. The number of carboxylic acid groups (broad SMARTS) is 1. The Kier molecular flexibility index (Phi) is 22.1. The molecule has 0 atom stereocenters. The van der Waals surface area contributed by atoms with Gasteiger partial charge < -0.3 is 9.90 Å². The van der Waals surface area contributed by atoms with Crippen molar-refractivity contribution in [3.63, 3.8) is 0 Å². The first-order valence-corrected chi connectivity index (χ1v) is 8.97. The Morgan fingerprint density at radius 3 is 1.19 bits per heavy atom. The van der Waals surface area contributed by atoms with E-state index in [4.69, 9.17) is 0 Å². The number of aliphatic carboxylic acids is 1. The fraction of sp³-hybridized carbons (Fsp3) is 0.944. The Morgan fingerprint density at radius 1 is 0.619 bits per heavy atom. The third-order valence-electron chi connectivity index (χ3n) is 3.98. The molecule has 125 valence electrons. The normalized spacial score (nSPS) is 10.3. The molecule has 0 aliphatic rings. The minimum atomic E-state index is -0.903. The van der Waals surface area contributed by atoms with Crippen LogP contribution in [0, 0.1) is 0 Å². The molecule has 0 aromatic carbocycles. The monoisotopic (exact) mass is 339 g/mol. The van der Waals surface area contributed by atoms with Gasteiger partial charge in [0.1, 0.15) is 0 Å². The van der Waals surface area contributed by atoms with Gasteiger partial charge in [-0.05, 0) is 12.8 Å². The van der Waals surface area contributed by atoms with Gasteiger partial charge in [-0.15, -0.1) is 0 Å². The molecule has 0 rings (SSSR count). The van der Waals surface area contributed by atoms with Crippen molar-refractivity contribution in [1.29, 1.82) is 0 Å². The summed E-state index contributed by atoms with van der Waals surface area (Å²) in [6, 6.07) is 0. The molecule has 0 fully saturated rings. The van der Waals surface area contributed by atoms with Gasteiger partial charge in [-0.3, -0.25) is 0 Å². The molecule has 0 unspecified atom stereocenters. The van der Waals surface area contributed by atoms with Crippen molar-refractivity contribution in [3.8, 4) is 0 Å². The Morgan fingerprint density at radius 2 is 0.905 bits per heavy atom. The number of unbranched alkanes of at least 4 members (excludes halogenated alkanes) is 14. The average Bonchev–Trinajstić information content (AvgIpc) is 2.43. The molecule has 3 heteroatoms. The van der Waals surface area contributed by atoms with Crippen molar-refractivity contribution in [3.05, 3.63) is 0 Å². The second-order valence-electron chi connectivity index (χ2n) is 6.07. The fourth-order valence-corrected chi connectivity index (χ4v) is 2.64. The van der Waals surface area contributed by atoms with Crippen molar-refractivity contribution in [2.45, 2.75) is 110 Å². The molecule has 0 aromatic heterocycles. The van der Waals surface area contributed by atoms with E-state index >= 15 is 0 Å². The SMILES string of the molecule is CCCCCCCCCCCCCCCCCC(=O)[O-].[Fe+3]. The Labute approximate surface area is 142 Å². The summed E-state index contributed by atoms with van der Waals surface area (Å²) in [5, 5.41) is 10.2. The van der Waals surface area contributed by atoms with Gasteiger partial charge in [-0.25, -0.2) is 0 Å². The molecule has 0 bridgehead atoms. The van der Waals surface area contributed by atoms with E-state index in [9.17, 15) is 9.90 Å². The van der Waals surface area contributed by atoms with Crippen LogP contribution in [0.15, 0.2) is 0 Å². The van der Waals surface area contributed by atoms with Gasteiger partial charge in [0.25, 0.3) is 0 Å². The van der Waals surface area contributed by atoms with Crippen LogP contribution >= 0.6 is 0 Å². The van der Waals surface area contributed by atoms with Crippen LogP contribution in [0.1, 0.15) is 110 Å². The van der Waals surface area contributed by atoms with E-state index in [-0.39, 0.29) is 23.5 Å². The molecule has 0 aliphatic heterocycles. The van der Waals surface area contributed by atoms with E-state index in [2.05, 4.69) is 6.92 Å². The van der Waals surface area contributed by atoms with Crippen molar-refractivity contribution in [2.75, 3.05) is 0 Å². The van der Waals surface area contributed by atoms with Gasteiger partial charge in [0.05, 0.1) is 0 Å². The molecule has 1 radical (unpaired) electrons. The fourth-order valence-electron chi connectivity index (χ4n) is 2.64. The van der Waals surface area contributed by atoms with E-state index < -0.39 is 5.97 Å². The van der Waals surface area contributed by atoms with Crippen LogP contribution in [0.3, 0.4) is 0 Å². The van der Waals surface area contributed by atoms with Gasteiger partial charge in [-0.1, -0.05) is 96.8 Å². The second-order valence-corrected chi connectivity index (χ2v) is 6.07. The summed E-state index contributed by atoms with van der Waals surface area (Å²) in [7, 11) is 0. The first-order valence-electron chi connectivity index (χ1n) is 8.97. The molecular weight excluding hydrogens is 304 g/mol. The maximum atomic E-state index is 10.2. The standard InChI is InChI=1S/C18H36O2.Fe/c1-2-3-4-5-6-7-8-9-10-11-12-13-14-15-16-17-18(19)20;/h2-17H2,1H3,(H,19,20);/q;+3/p-1. The van der Waals surface area contributed by atoms with Crippen LogP contribution in [-0.4, -0.2) is 5.97 Å². The molecule has 0 heterocycles. The molecule has 21 heavy (non-hydrogen) atoms. The van der Waals surface area contributed by atoms with Crippen LogP contribution < -0.4 is 5.11 Å². The Balaban J connectivity index is 0. The topological polar surface area (TPSA) is 40.1 Å². The smallest absolute Gasteiger partial charge is 0.550 e. The number of carbonyl (C=O) groups excluding carboxylic acids is 1. The molecule has 2 nitrogen and oxygen atoms in total. The molecule has 0 aliphatic carbocycles. The first kappa shape index (κ1) is 23.3. The predicted molar refractivity (Wildman–Crippen MR) is 84.6 cm³/mol. The summed E-state index contributed by atoms with van der Waals surface area (Å²) in [6.45, 7) is 2.27. The number of hydrogen-bond acceptors (Lipinski definition) is 2. The van der Waals surface area contributed by atoms with Crippen LogP contribution in [0.5, 0.6) is 0 Å². The van der Waals surface area contributed by atoms with Crippen molar-refractivity contribution in [2.24, 2.45) is 0 Å². The van der Waals surface area contributed by atoms with Gasteiger partial charge in [0.15, 0.2) is 0 Å². The van der Waals surface area contributed by atoms with Gasteiger partial charge in [-0.2, -0.15) is 0 Å². The van der Waals surface area contributed by atoms with Crippen LogP contribution in [-0.2, 0) is 21.9 Å². The Hall–Kier alpha value is -0.0105. The molecule has 0 aromatic rings. The minimum absolute atomic E-state index is 0. The van der Waals surface area contributed by atoms with Crippen LogP contribution in [0.4, 0.5) is 0 Å². The second kappa shape index (κ2) is 20.0. The van der Waals surface area contributed by atoms with Crippen molar-refractivity contribution < 1.29 is 27.0 Å². The molecular formula is C18H35FeO2+2. The molecule has 0 saturated heterocycles. The van der Waals surface area contributed by atoms with Crippen LogP contribution in [0.2, 0.25) is 0 Å². The van der Waals surface area contributed by atoms with Crippen LogP contribution in [0.25, 0.3) is 0 Å². The third kappa shape index (κ3) is 22.4. The minimum Gasteiger partial charge on any atom is -0.550 e. The largest absolute Gasteiger partial charge is 3.00 e. The van der Waals surface area contributed by atoms with E-state index in [0.717, 1.165) is 12.8 Å². The van der Waals surface area contributed by atoms with Crippen molar-refractivity contribution in [1.82, 2.24) is 0 Å².